The molecule has 1 saturated heterocycles. The van der Waals surface area contributed by atoms with E-state index in [4.69, 9.17) is 4.98 Å². The zero-order valence-corrected chi connectivity index (χ0v) is 15.5. The van der Waals surface area contributed by atoms with Crippen molar-refractivity contribution in [2.45, 2.75) is 25.4 Å². The second kappa shape index (κ2) is 6.96. The van der Waals surface area contributed by atoms with Gasteiger partial charge >= 0.3 is 0 Å². The number of nitrogens with one attached hydrogen (secondary N) is 1. The van der Waals surface area contributed by atoms with Crippen LogP contribution in [-0.4, -0.2) is 36.9 Å². The van der Waals surface area contributed by atoms with Crippen molar-refractivity contribution in [3.05, 3.63) is 72.8 Å². The molecule has 1 fully saturated rings. The normalized spacial score (nSPS) is 16.7. The molecule has 0 bridgehead atoms. The third-order valence-electron chi connectivity index (χ3n) is 5.35. The lowest BCUT2D eigenvalue weighted by molar-refractivity contribution is -0.132. The number of imidazole rings is 2. The van der Waals surface area contributed by atoms with Crippen molar-refractivity contribution in [3.8, 4) is 11.4 Å². The molecule has 1 aliphatic heterocycles. The van der Waals surface area contributed by atoms with Crippen molar-refractivity contribution in [1.29, 1.82) is 0 Å². The number of amides is 1. The Morgan fingerprint density at radius 1 is 1.11 bits per heavy atom. The SMILES string of the molecule is O=C(Cn1ccnc1-c1ccccc1)N1CCCC1c1nc2ccccc2[nH]1. The number of carbonyl (C=O) groups excluding carboxylic acids is 1. The molecule has 5 rings (SSSR count). The lowest BCUT2D eigenvalue weighted by Crippen LogP contribution is -2.33. The Labute approximate surface area is 162 Å². The average molecular weight is 371 g/mol. The highest BCUT2D eigenvalue weighted by atomic mass is 16.2. The summed E-state index contributed by atoms with van der Waals surface area (Å²) < 4.78 is 1.92. The summed E-state index contributed by atoms with van der Waals surface area (Å²) in [6, 6.07) is 17.9. The molecule has 1 aliphatic rings. The Morgan fingerprint density at radius 3 is 2.79 bits per heavy atom. The molecule has 0 saturated carbocycles. The number of hydrogen-bond acceptors (Lipinski definition) is 3. The first-order valence-electron chi connectivity index (χ1n) is 9.60. The summed E-state index contributed by atoms with van der Waals surface area (Å²) in [7, 11) is 0. The van der Waals surface area contributed by atoms with Gasteiger partial charge in [0.2, 0.25) is 5.91 Å². The van der Waals surface area contributed by atoms with Gasteiger partial charge in [0.05, 0.1) is 17.1 Å². The fourth-order valence-corrected chi connectivity index (χ4v) is 4.00. The number of aromatic amines is 1. The van der Waals surface area contributed by atoms with Crippen LogP contribution in [0.5, 0.6) is 0 Å². The van der Waals surface area contributed by atoms with Crippen LogP contribution in [-0.2, 0) is 11.3 Å². The van der Waals surface area contributed by atoms with Crippen molar-refractivity contribution in [3.63, 3.8) is 0 Å². The maximum Gasteiger partial charge on any atom is 0.243 e. The van der Waals surface area contributed by atoms with Gasteiger partial charge in [0.1, 0.15) is 18.2 Å². The minimum Gasteiger partial charge on any atom is -0.340 e. The molecule has 3 heterocycles. The van der Waals surface area contributed by atoms with E-state index >= 15 is 0 Å². The molecule has 1 amide bonds. The van der Waals surface area contributed by atoms with E-state index in [0.29, 0.717) is 0 Å². The highest BCUT2D eigenvalue weighted by Crippen LogP contribution is 2.32. The smallest absolute Gasteiger partial charge is 0.243 e. The van der Waals surface area contributed by atoms with Gasteiger partial charge in [-0.15, -0.1) is 0 Å². The Bertz CT molecular complexity index is 1080. The number of benzene rings is 2. The van der Waals surface area contributed by atoms with Crippen molar-refractivity contribution in [1.82, 2.24) is 24.4 Å². The van der Waals surface area contributed by atoms with Gasteiger partial charge in [-0.2, -0.15) is 0 Å². The highest BCUT2D eigenvalue weighted by molar-refractivity contribution is 5.78. The van der Waals surface area contributed by atoms with Crippen LogP contribution in [0.1, 0.15) is 24.7 Å². The van der Waals surface area contributed by atoms with E-state index in [-0.39, 0.29) is 18.5 Å². The minimum absolute atomic E-state index is 0.00333. The molecule has 0 spiro atoms. The molecule has 1 unspecified atom stereocenters. The van der Waals surface area contributed by atoms with Crippen LogP contribution in [0.25, 0.3) is 22.4 Å². The molecular formula is C22H21N5O. The molecular weight excluding hydrogens is 350 g/mol. The molecule has 6 heteroatoms. The molecule has 140 valence electrons. The Hall–Kier alpha value is -3.41. The zero-order chi connectivity index (χ0) is 18.9. The first-order valence-corrected chi connectivity index (χ1v) is 9.60. The van der Waals surface area contributed by atoms with Crippen LogP contribution in [0.2, 0.25) is 0 Å². The van der Waals surface area contributed by atoms with Gasteiger partial charge in [0.25, 0.3) is 0 Å². The number of H-pyrrole nitrogens is 1. The fourth-order valence-electron chi connectivity index (χ4n) is 4.00. The average Bonchev–Trinajstić information content (AvgIpc) is 3.46. The molecule has 1 atom stereocenters. The van der Waals surface area contributed by atoms with Crippen LogP contribution in [0.3, 0.4) is 0 Å². The van der Waals surface area contributed by atoms with Gasteiger partial charge in [-0.3, -0.25) is 4.79 Å². The van der Waals surface area contributed by atoms with Crippen LogP contribution < -0.4 is 0 Å². The molecule has 4 aromatic rings. The van der Waals surface area contributed by atoms with Gasteiger partial charge in [0.15, 0.2) is 0 Å². The minimum atomic E-state index is 0.00333. The maximum atomic E-state index is 13.1. The van der Waals surface area contributed by atoms with Crippen LogP contribution >= 0.6 is 0 Å². The fraction of sp³-hybridized carbons (Fsp3) is 0.227. The molecule has 0 radical (unpaired) electrons. The van der Waals surface area contributed by atoms with Crippen molar-refractivity contribution in [2.75, 3.05) is 6.54 Å². The van der Waals surface area contributed by atoms with E-state index in [1.54, 1.807) is 6.20 Å². The quantitative estimate of drug-likeness (QED) is 0.593. The van der Waals surface area contributed by atoms with E-state index in [1.807, 2.05) is 70.3 Å². The topological polar surface area (TPSA) is 66.8 Å². The molecule has 1 N–H and O–H groups in total. The number of rotatable bonds is 4. The standard InChI is InChI=1S/C22H21N5O/c28-20(15-26-14-12-23-22(26)16-7-2-1-3-8-16)27-13-6-11-19(27)21-24-17-9-4-5-10-18(17)25-21/h1-5,7-10,12,14,19H,6,11,13,15H2,(H,24,25). The van der Waals surface area contributed by atoms with Crippen molar-refractivity contribution >= 4 is 16.9 Å². The molecule has 6 nitrogen and oxygen atoms in total. The second-order valence-corrected chi connectivity index (χ2v) is 7.13. The molecule has 0 aliphatic carbocycles. The summed E-state index contributed by atoms with van der Waals surface area (Å²) >= 11 is 0. The van der Waals surface area contributed by atoms with E-state index in [0.717, 1.165) is 47.6 Å². The van der Waals surface area contributed by atoms with Crippen LogP contribution in [0.4, 0.5) is 0 Å². The summed E-state index contributed by atoms with van der Waals surface area (Å²) in [6.07, 6.45) is 5.53. The third-order valence-corrected chi connectivity index (χ3v) is 5.35. The number of aromatic nitrogens is 4. The van der Waals surface area contributed by atoms with E-state index < -0.39 is 0 Å². The lowest BCUT2D eigenvalue weighted by atomic mass is 10.2. The van der Waals surface area contributed by atoms with E-state index in [9.17, 15) is 4.79 Å². The number of fused-ring (bicyclic) bond motifs is 1. The summed E-state index contributed by atoms with van der Waals surface area (Å²) in [4.78, 5) is 27.6. The Kier molecular flexibility index (Phi) is 4.16. The largest absolute Gasteiger partial charge is 0.340 e. The first-order chi connectivity index (χ1) is 13.8. The predicted molar refractivity (Wildman–Crippen MR) is 107 cm³/mol. The van der Waals surface area contributed by atoms with Gasteiger partial charge in [-0.25, -0.2) is 9.97 Å². The highest BCUT2D eigenvalue weighted by Gasteiger charge is 2.32. The number of hydrogen-bond donors (Lipinski definition) is 1. The lowest BCUT2D eigenvalue weighted by Gasteiger charge is -2.23. The monoisotopic (exact) mass is 371 g/mol. The number of carbonyl (C=O) groups is 1. The second-order valence-electron chi connectivity index (χ2n) is 7.13. The maximum absolute atomic E-state index is 13.1. The van der Waals surface area contributed by atoms with Gasteiger partial charge in [0, 0.05) is 24.5 Å². The van der Waals surface area contributed by atoms with Crippen LogP contribution in [0.15, 0.2) is 67.0 Å². The molecule has 2 aromatic carbocycles. The summed E-state index contributed by atoms with van der Waals surface area (Å²) in [5.41, 5.74) is 2.96. The number of nitrogens with zero attached hydrogens (tertiary/aromatic N) is 4. The first kappa shape index (κ1) is 16.7. The van der Waals surface area contributed by atoms with E-state index in [1.165, 1.54) is 0 Å². The predicted octanol–water partition coefficient (Wildman–Crippen LogP) is 3.79. The summed E-state index contributed by atoms with van der Waals surface area (Å²) in [6.45, 7) is 1.04. The number of likely N-dealkylation sites (tertiary alicyclic amines) is 1. The Balaban J connectivity index is 1.39. The van der Waals surface area contributed by atoms with Gasteiger partial charge in [-0.05, 0) is 25.0 Å². The summed E-state index contributed by atoms with van der Waals surface area (Å²) in [5.74, 6) is 1.78. The van der Waals surface area contributed by atoms with Crippen molar-refractivity contribution < 1.29 is 4.79 Å². The van der Waals surface area contributed by atoms with Gasteiger partial charge in [-0.1, -0.05) is 42.5 Å². The third kappa shape index (κ3) is 2.97. The van der Waals surface area contributed by atoms with Crippen LogP contribution in [0, 0.1) is 0 Å². The Morgan fingerprint density at radius 2 is 1.93 bits per heavy atom. The van der Waals surface area contributed by atoms with E-state index in [2.05, 4.69) is 9.97 Å². The van der Waals surface area contributed by atoms with Crippen molar-refractivity contribution in [2.24, 2.45) is 0 Å². The zero-order valence-electron chi connectivity index (χ0n) is 15.5. The summed E-state index contributed by atoms with van der Waals surface area (Å²) in [5, 5.41) is 0. The molecule has 28 heavy (non-hydrogen) atoms. The van der Waals surface area contributed by atoms with Gasteiger partial charge < -0.3 is 14.5 Å². The number of para-hydroxylation sites is 2. The molecule has 2 aromatic heterocycles.